The average molecular weight is 360 g/mol. The van der Waals surface area contributed by atoms with E-state index in [1.807, 2.05) is 18.2 Å². The number of benzene rings is 1. The van der Waals surface area contributed by atoms with E-state index in [0.29, 0.717) is 11.4 Å². The molecule has 1 N–H and O–H groups in total. The molecular weight excluding hydrogens is 352 g/mol. The number of nitrogens with zero attached hydrogens (tertiary/aromatic N) is 2. The molecule has 1 aromatic carbocycles. The molecule has 4 nitrogen and oxygen atoms in total. The average Bonchev–Trinajstić information content (AvgIpc) is 2.29. The van der Waals surface area contributed by atoms with Crippen LogP contribution >= 0.6 is 34.2 Å². The number of rotatable bonds is 2. The van der Waals surface area contributed by atoms with Crippen LogP contribution in [-0.2, 0) is 0 Å². The maximum absolute atomic E-state index is 11.9. The minimum atomic E-state index is -0.218. The number of halogens is 2. The maximum atomic E-state index is 11.9. The standard InChI is InChI=1S/C11H7ClIN3O/c12-9-5-10(15-6-14-9)16-11(17)7-3-1-2-4-8(7)13/h1-6H,(H,14,15,16,17). The van der Waals surface area contributed by atoms with Crippen LogP contribution in [0.15, 0.2) is 36.7 Å². The van der Waals surface area contributed by atoms with E-state index < -0.39 is 0 Å². The third-order valence-electron chi connectivity index (χ3n) is 1.99. The molecule has 2 aromatic rings. The highest BCUT2D eigenvalue weighted by Crippen LogP contribution is 2.14. The van der Waals surface area contributed by atoms with Gasteiger partial charge in [-0.15, -0.1) is 0 Å². The third kappa shape index (κ3) is 3.13. The molecule has 1 heterocycles. The van der Waals surface area contributed by atoms with Crippen LogP contribution in [0.25, 0.3) is 0 Å². The summed E-state index contributed by atoms with van der Waals surface area (Å²) in [5.41, 5.74) is 0.600. The second-order valence-electron chi connectivity index (χ2n) is 3.16. The van der Waals surface area contributed by atoms with Gasteiger partial charge < -0.3 is 5.32 Å². The van der Waals surface area contributed by atoms with Crippen LogP contribution in [0.5, 0.6) is 0 Å². The van der Waals surface area contributed by atoms with Crippen LogP contribution < -0.4 is 5.32 Å². The summed E-state index contributed by atoms with van der Waals surface area (Å²) in [7, 11) is 0. The highest BCUT2D eigenvalue weighted by Gasteiger charge is 2.10. The molecule has 17 heavy (non-hydrogen) atoms. The first-order chi connectivity index (χ1) is 8.16. The molecule has 0 atom stereocenters. The fraction of sp³-hybridized carbons (Fsp3) is 0. The molecule has 0 aliphatic carbocycles. The zero-order valence-electron chi connectivity index (χ0n) is 8.52. The number of aromatic nitrogens is 2. The van der Waals surface area contributed by atoms with Gasteiger partial charge in [0.2, 0.25) is 0 Å². The molecular formula is C11H7ClIN3O. The molecule has 1 aromatic heterocycles. The Hall–Kier alpha value is -1.21. The lowest BCUT2D eigenvalue weighted by molar-refractivity contribution is 0.102. The van der Waals surface area contributed by atoms with Crippen molar-refractivity contribution in [3.05, 3.63) is 50.9 Å². The van der Waals surface area contributed by atoms with Gasteiger partial charge in [0.15, 0.2) is 0 Å². The second-order valence-corrected chi connectivity index (χ2v) is 4.71. The lowest BCUT2D eigenvalue weighted by Gasteiger charge is -2.05. The Kier molecular flexibility index (Phi) is 3.90. The number of anilines is 1. The summed E-state index contributed by atoms with van der Waals surface area (Å²) in [4.78, 5) is 19.6. The van der Waals surface area contributed by atoms with Gasteiger partial charge in [0.1, 0.15) is 17.3 Å². The minimum absolute atomic E-state index is 0.218. The molecule has 0 fully saturated rings. The molecule has 0 saturated carbocycles. The van der Waals surface area contributed by atoms with Crippen LogP contribution in [0, 0.1) is 3.57 Å². The largest absolute Gasteiger partial charge is 0.306 e. The van der Waals surface area contributed by atoms with Crippen molar-refractivity contribution in [1.29, 1.82) is 0 Å². The highest BCUT2D eigenvalue weighted by molar-refractivity contribution is 14.1. The van der Waals surface area contributed by atoms with Crippen molar-refractivity contribution < 1.29 is 4.79 Å². The van der Waals surface area contributed by atoms with Crippen molar-refractivity contribution in [2.45, 2.75) is 0 Å². The molecule has 2 rings (SSSR count). The van der Waals surface area contributed by atoms with Crippen molar-refractivity contribution in [2.24, 2.45) is 0 Å². The van der Waals surface area contributed by atoms with Gasteiger partial charge in [0.25, 0.3) is 5.91 Å². The van der Waals surface area contributed by atoms with Gasteiger partial charge in [-0.05, 0) is 34.7 Å². The molecule has 0 radical (unpaired) electrons. The first-order valence-electron chi connectivity index (χ1n) is 4.70. The molecule has 86 valence electrons. The van der Waals surface area contributed by atoms with E-state index in [4.69, 9.17) is 11.6 Å². The van der Waals surface area contributed by atoms with Crippen molar-refractivity contribution in [1.82, 2.24) is 9.97 Å². The molecule has 1 amide bonds. The summed E-state index contributed by atoms with van der Waals surface area (Å²) in [5, 5.41) is 2.95. The quantitative estimate of drug-likeness (QED) is 0.662. The molecule has 0 aliphatic heterocycles. The molecule has 0 spiro atoms. The van der Waals surface area contributed by atoms with Gasteiger partial charge in [0.05, 0.1) is 5.56 Å². The predicted molar refractivity (Wildman–Crippen MR) is 74.2 cm³/mol. The van der Waals surface area contributed by atoms with Crippen molar-refractivity contribution in [2.75, 3.05) is 5.32 Å². The van der Waals surface area contributed by atoms with Crippen LogP contribution in [-0.4, -0.2) is 15.9 Å². The molecule has 0 saturated heterocycles. The fourth-order valence-electron chi connectivity index (χ4n) is 1.23. The van der Waals surface area contributed by atoms with Crippen molar-refractivity contribution in [3.8, 4) is 0 Å². The number of hydrogen-bond donors (Lipinski definition) is 1. The maximum Gasteiger partial charge on any atom is 0.257 e. The summed E-state index contributed by atoms with van der Waals surface area (Å²) in [5.74, 6) is 0.166. The number of hydrogen-bond acceptors (Lipinski definition) is 3. The topological polar surface area (TPSA) is 54.9 Å². The smallest absolute Gasteiger partial charge is 0.257 e. The molecule has 0 unspecified atom stereocenters. The first kappa shape index (κ1) is 12.3. The van der Waals surface area contributed by atoms with Crippen LogP contribution in [0.4, 0.5) is 5.82 Å². The van der Waals surface area contributed by atoms with E-state index in [2.05, 4.69) is 37.9 Å². The predicted octanol–water partition coefficient (Wildman–Crippen LogP) is 2.99. The summed E-state index contributed by atoms with van der Waals surface area (Å²) in [6.07, 6.45) is 1.30. The fourth-order valence-corrected chi connectivity index (χ4v) is 2.01. The third-order valence-corrected chi connectivity index (χ3v) is 3.14. The minimum Gasteiger partial charge on any atom is -0.306 e. The Bertz CT molecular complexity index is 562. The first-order valence-corrected chi connectivity index (χ1v) is 6.16. The summed E-state index contributed by atoms with van der Waals surface area (Å²) in [6.45, 7) is 0. The Morgan fingerprint density at radius 1 is 1.29 bits per heavy atom. The summed E-state index contributed by atoms with van der Waals surface area (Å²) >= 11 is 7.81. The van der Waals surface area contributed by atoms with E-state index in [1.54, 1.807) is 6.07 Å². The summed E-state index contributed by atoms with van der Waals surface area (Å²) in [6, 6.07) is 8.79. The van der Waals surface area contributed by atoms with Crippen molar-refractivity contribution in [3.63, 3.8) is 0 Å². The normalized spacial score (nSPS) is 10.0. The molecule has 0 aliphatic rings. The van der Waals surface area contributed by atoms with Crippen LogP contribution in [0.3, 0.4) is 0 Å². The zero-order valence-corrected chi connectivity index (χ0v) is 11.4. The number of carbonyl (C=O) groups is 1. The lowest BCUT2D eigenvalue weighted by atomic mass is 10.2. The zero-order chi connectivity index (χ0) is 12.3. The van der Waals surface area contributed by atoms with E-state index in [1.165, 1.54) is 12.4 Å². The van der Waals surface area contributed by atoms with Gasteiger partial charge in [0, 0.05) is 9.64 Å². The highest BCUT2D eigenvalue weighted by atomic mass is 127. The van der Waals surface area contributed by atoms with Crippen LogP contribution in [0.2, 0.25) is 5.15 Å². The number of carbonyl (C=O) groups excluding carboxylic acids is 1. The summed E-state index contributed by atoms with van der Waals surface area (Å²) < 4.78 is 0.878. The van der Waals surface area contributed by atoms with Crippen molar-refractivity contribution >= 4 is 45.9 Å². The molecule has 0 bridgehead atoms. The van der Waals surface area contributed by atoms with E-state index >= 15 is 0 Å². The van der Waals surface area contributed by atoms with E-state index in [9.17, 15) is 4.79 Å². The van der Waals surface area contributed by atoms with Crippen LogP contribution in [0.1, 0.15) is 10.4 Å². The monoisotopic (exact) mass is 359 g/mol. The SMILES string of the molecule is O=C(Nc1cc(Cl)ncn1)c1ccccc1I. The van der Waals surface area contributed by atoms with E-state index in [0.717, 1.165) is 3.57 Å². The van der Waals surface area contributed by atoms with E-state index in [-0.39, 0.29) is 11.1 Å². The number of nitrogens with one attached hydrogen (secondary N) is 1. The Labute approximate surface area is 117 Å². The van der Waals surface area contributed by atoms with Gasteiger partial charge in [-0.2, -0.15) is 0 Å². The second kappa shape index (κ2) is 5.42. The Balaban J connectivity index is 2.20. The van der Waals surface area contributed by atoms with Gasteiger partial charge in [-0.1, -0.05) is 23.7 Å². The molecule has 6 heteroatoms. The van der Waals surface area contributed by atoms with Gasteiger partial charge >= 0.3 is 0 Å². The Morgan fingerprint density at radius 3 is 2.76 bits per heavy atom. The number of amides is 1. The lowest BCUT2D eigenvalue weighted by Crippen LogP contribution is -2.14. The van der Waals surface area contributed by atoms with Gasteiger partial charge in [-0.3, -0.25) is 4.79 Å². The van der Waals surface area contributed by atoms with Gasteiger partial charge in [-0.25, -0.2) is 9.97 Å². The Morgan fingerprint density at radius 2 is 2.06 bits per heavy atom.